The van der Waals surface area contributed by atoms with Crippen LogP contribution in [0.25, 0.3) is 10.6 Å². The maximum atomic E-state index is 12.2. The average molecular weight is 367 g/mol. The van der Waals surface area contributed by atoms with E-state index in [4.69, 9.17) is 4.74 Å². The Morgan fingerprint density at radius 1 is 1.12 bits per heavy atom. The first-order valence-corrected chi connectivity index (χ1v) is 9.20. The van der Waals surface area contributed by atoms with Gasteiger partial charge in [0.2, 0.25) is 11.0 Å². The van der Waals surface area contributed by atoms with E-state index in [1.54, 1.807) is 7.11 Å². The van der Waals surface area contributed by atoms with Gasteiger partial charge in [0.1, 0.15) is 10.8 Å². The molecule has 26 heavy (non-hydrogen) atoms. The number of carbonyl (C=O) groups excluding carboxylic acids is 1. The summed E-state index contributed by atoms with van der Waals surface area (Å²) in [6.07, 6.45) is 1.06. The molecule has 1 aromatic heterocycles. The monoisotopic (exact) mass is 367 g/mol. The second kappa shape index (κ2) is 8.10. The van der Waals surface area contributed by atoms with E-state index >= 15 is 0 Å². The lowest BCUT2D eigenvalue weighted by molar-refractivity contribution is -0.116. The number of hydrogen-bond donors (Lipinski definition) is 1. The summed E-state index contributed by atoms with van der Waals surface area (Å²) in [7, 11) is 1.66. The Hall–Kier alpha value is -2.73. The van der Waals surface area contributed by atoms with Crippen LogP contribution < -0.4 is 10.1 Å². The summed E-state index contributed by atoms with van der Waals surface area (Å²) >= 11 is 1.38. The number of rotatable bonds is 6. The summed E-state index contributed by atoms with van der Waals surface area (Å²) in [4.78, 5) is 12.2. The Morgan fingerprint density at radius 3 is 2.58 bits per heavy atom. The summed E-state index contributed by atoms with van der Waals surface area (Å²) in [5.74, 6) is 0.792. The van der Waals surface area contributed by atoms with Crippen LogP contribution in [0.1, 0.15) is 23.1 Å². The van der Waals surface area contributed by atoms with Crippen LogP contribution in [0.2, 0.25) is 0 Å². The minimum atomic E-state index is -0.0647. The van der Waals surface area contributed by atoms with Crippen LogP contribution in [0.15, 0.2) is 42.5 Å². The minimum Gasteiger partial charge on any atom is -0.496 e. The first-order chi connectivity index (χ1) is 12.5. The van der Waals surface area contributed by atoms with Crippen molar-refractivity contribution < 1.29 is 9.53 Å². The molecule has 0 aliphatic carbocycles. The lowest BCUT2D eigenvalue weighted by Crippen LogP contribution is -2.12. The van der Waals surface area contributed by atoms with Gasteiger partial charge in [-0.1, -0.05) is 53.3 Å². The highest BCUT2D eigenvalue weighted by Crippen LogP contribution is 2.26. The highest BCUT2D eigenvalue weighted by molar-refractivity contribution is 7.18. The van der Waals surface area contributed by atoms with Gasteiger partial charge in [-0.05, 0) is 37.5 Å². The molecule has 0 aliphatic heterocycles. The molecular weight excluding hydrogens is 346 g/mol. The van der Waals surface area contributed by atoms with Crippen molar-refractivity contribution in [1.82, 2.24) is 10.2 Å². The first kappa shape index (κ1) is 18.1. The Morgan fingerprint density at radius 2 is 1.88 bits per heavy atom. The molecule has 0 unspecified atom stereocenters. The molecule has 134 valence electrons. The molecule has 0 saturated carbocycles. The van der Waals surface area contributed by atoms with Gasteiger partial charge < -0.3 is 10.1 Å². The van der Waals surface area contributed by atoms with Crippen molar-refractivity contribution in [3.05, 3.63) is 59.2 Å². The molecule has 0 atom stereocenters. The maximum absolute atomic E-state index is 12.2. The van der Waals surface area contributed by atoms with Crippen LogP contribution in [-0.4, -0.2) is 23.2 Å². The fourth-order valence-electron chi connectivity index (χ4n) is 2.62. The third kappa shape index (κ3) is 4.46. The predicted octanol–water partition coefficient (Wildman–Crippen LogP) is 4.40. The number of anilines is 1. The molecule has 3 aromatic rings. The lowest BCUT2D eigenvalue weighted by atomic mass is 10.1. The molecule has 1 heterocycles. The zero-order chi connectivity index (χ0) is 18.5. The molecule has 1 amide bonds. The highest BCUT2D eigenvalue weighted by Gasteiger charge is 2.10. The van der Waals surface area contributed by atoms with Crippen molar-refractivity contribution >= 4 is 22.4 Å². The van der Waals surface area contributed by atoms with E-state index in [9.17, 15) is 4.79 Å². The molecule has 2 aromatic carbocycles. The lowest BCUT2D eigenvalue weighted by Gasteiger charge is -2.07. The number of carbonyl (C=O) groups is 1. The standard InChI is InChI=1S/C20H21N3O2S/c1-13-4-8-16(9-5-13)19-22-23-20(26-19)21-18(24)11-7-15-6-10-17(25-3)14(2)12-15/h4-6,8-10,12H,7,11H2,1-3H3,(H,21,23,24). The largest absolute Gasteiger partial charge is 0.496 e. The highest BCUT2D eigenvalue weighted by atomic mass is 32.1. The number of nitrogens with zero attached hydrogens (tertiary/aromatic N) is 2. The SMILES string of the molecule is COc1ccc(CCC(=O)Nc2nnc(-c3ccc(C)cc3)s2)cc1C. The topological polar surface area (TPSA) is 64.1 Å². The van der Waals surface area contributed by atoms with Crippen LogP contribution >= 0.6 is 11.3 Å². The van der Waals surface area contributed by atoms with Crippen molar-refractivity contribution in [2.24, 2.45) is 0 Å². The average Bonchev–Trinajstić information content (AvgIpc) is 3.09. The van der Waals surface area contributed by atoms with E-state index in [-0.39, 0.29) is 5.91 Å². The molecule has 3 rings (SSSR count). The summed E-state index contributed by atoms with van der Waals surface area (Å²) in [6, 6.07) is 14.0. The van der Waals surface area contributed by atoms with Gasteiger partial charge in [-0.15, -0.1) is 10.2 Å². The maximum Gasteiger partial charge on any atom is 0.226 e. The number of amides is 1. The van der Waals surface area contributed by atoms with Crippen molar-refractivity contribution in [1.29, 1.82) is 0 Å². The van der Waals surface area contributed by atoms with Gasteiger partial charge in [0.05, 0.1) is 7.11 Å². The zero-order valence-electron chi connectivity index (χ0n) is 15.1. The molecule has 1 N–H and O–H groups in total. The van der Waals surface area contributed by atoms with Gasteiger partial charge >= 0.3 is 0 Å². The van der Waals surface area contributed by atoms with Gasteiger partial charge in [-0.2, -0.15) is 0 Å². The summed E-state index contributed by atoms with van der Waals surface area (Å²) in [5.41, 5.74) is 4.37. The van der Waals surface area contributed by atoms with E-state index < -0.39 is 0 Å². The third-order valence-electron chi connectivity index (χ3n) is 4.07. The second-order valence-corrected chi connectivity index (χ2v) is 7.11. The minimum absolute atomic E-state index is 0.0647. The number of methoxy groups -OCH3 is 1. The molecule has 0 aliphatic rings. The summed E-state index contributed by atoms with van der Waals surface area (Å²) in [6.45, 7) is 4.04. The molecule has 0 saturated heterocycles. The van der Waals surface area contributed by atoms with E-state index in [0.717, 1.165) is 27.4 Å². The van der Waals surface area contributed by atoms with Gasteiger partial charge in [-0.25, -0.2) is 0 Å². The number of nitrogens with one attached hydrogen (secondary N) is 1. The quantitative estimate of drug-likeness (QED) is 0.701. The van der Waals surface area contributed by atoms with Crippen LogP contribution in [0, 0.1) is 13.8 Å². The van der Waals surface area contributed by atoms with Crippen LogP contribution in [-0.2, 0) is 11.2 Å². The van der Waals surface area contributed by atoms with Crippen LogP contribution in [0.4, 0.5) is 5.13 Å². The number of ether oxygens (including phenoxy) is 1. The summed E-state index contributed by atoms with van der Waals surface area (Å²) < 4.78 is 5.26. The van der Waals surface area contributed by atoms with Crippen LogP contribution in [0.3, 0.4) is 0 Å². The molecule has 6 heteroatoms. The fourth-order valence-corrected chi connectivity index (χ4v) is 3.39. The summed E-state index contributed by atoms with van der Waals surface area (Å²) in [5, 5.41) is 12.4. The molecular formula is C20H21N3O2S. The Kier molecular flexibility index (Phi) is 5.63. The van der Waals surface area contributed by atoms with Crippen molar-refractivity contribution in [2.45, 2.75) is 26.7 Å². The zero-order valence-corrected chi connectivity index (χ0v) is 15.9. The number of hydrogen-bond acceptors (Lipinski definition) is 5. The third-order valence-corrected chi connectivity index (χ3v) is 4.96. The van der Waals surface area contributed by atoms with Gasteiger partial charge in [0.15, 0.2) is 0 Å². The number of aryl methyl sites for hydroxylation is 3. The van der Waals surface area contributed by atoms with E-state index in [1.165, 1.54) is 16.9 Å². The molecule has 0 bridgehead atoms. The predicted molar refractivity (Wildman–Crippen MR) is 105 cm³/mol. The van der Waals surface area contributed by atoms with E-state index in [2.05, 4.69) is 15.5 Å². The fraction of sp³-hybridized carbons (Fsp3) is 0.250. The second-order valence-electron chi connectivity index (χ2n) is 6.13. The molecule has 0 spiro atoms. The molecule has 0 fully saturated rings. The van der Waals surface area contributed by atoms with Gasteiger partial charge in [0.25, 0.3) is 0 Å². The normalized spacial score (nSPS) is 10.6. The van der Waals surface area contributed by atoms with Crippen molar-refractivity contribution in [3.8, 4) is 16.3 Å². The Balaban J connectivity index is 1.57. The smallest absolute Gasteiger partial charge is 0.226 e. The van der Waals surface area contributed by atoms with E-state index in [1.807, 2.05) is 56.3 Å². The van der Waals surface area contributed by atoms with Gasteiger partial charge in [0, 0.05) is 12.0 Å². The molecule has 0 radical (unpaired) electrons. The van der Waals surface area contributed by atoms with Crippen LogP contribution in [0.5, 0.6) is 5.75 Å². The van der Waals surface area contributed by atoms with Gasteiger partial charge in [-0.3, -0.25) is 4.79 Å². The number of aromatic nitrogens is 2. The number of benzene rings is 2. The van der Waals surface area contributed by atoms with Crippen molar-refractivity contribution in [2.75, 3.05) is 12.4 Å². The Bertz CT molecular complexity index is 904. The van der Waals surface area contributed by atoms with E-state index in [0.29, 0.717) is 18.0 Å². The molecule has 5 nitrogen and oxygen atoms in total. The van der Waals surface area contributed by atoms with Crippen molar-refractivity contribution in [3.63, 3.8) is 0 Å². The first-order valence-electron chi connectivity index (χ1n) is 8.39. The Labute approximate surface area is 157 Å².